The van der Waals surface area contributed by atoms with Gasteiger partial charge < -0.3 is 4.84 Å². The van der Waals surface area contributed by atoms with Crippen LogP contribution in [0.25, 0.3) is 16.2 Å². The molecule has 0 bridgehead atoms. The monoisotopic (exact) mass is 319 g/mol. The zero-order valence-corrected chi connectivity index (χ0v) is 12.3. The van der Waals surface area contributed by atoms with Gasteiger partial charge in [-0.05, 0) is 0 Å². The molecule has 3 aromatic rings. The van der Waals surface area contributed by atoms with Crippen molar-refractivity contribution in [2.24, 2.45) is 5.16 Å². The second-order valence-electron chi connectivity index (χ2n) is 4.10. The molecule has 0 aliphatic heterocycles. The van der Waals surface area contributed by atoms with Crippen molar-refractivity contribution in [1.82, 2.24) is 9.38 Å². The number of carbonyl (C=O) groups excluding carboxylic acids is 1. The molecule has 0 atom stereocenters. The number of rotatable bonds is 4. The van der Waals surface area contributed by atoms with Crippen LogP contribution < -0.4 is 0 Å². The standard InChI is InChI=1S/C14H10ClN3O2S/c15-8-12(19)20-16-9-11-13(10-4-2-1-3-5-10)17-14-18(11)6-7-21-14/h1-7,9H,8H2/b16-9-. The summed E-state index contributed by atoms with van der Waals surface area (Å²) in [5.74, 6) is -0.830. The van der Waals surface area contributed by atoms with E-state index in [1.807, 2.05) is 46.3 Å². The predicted octanol–water partition coefficient (Wildman–Crippen LogP) is 3.18. The van der Waals surface area contributed by atoms with Crippen molar-refractivity contribution < 1.29 is 9.63 Å². The molecule has 1 aromatic carbocycles. The molecule has 0 fully saturated rings. The molecule has 0 radical (unpaired) electrons. The van der Waals surface area contributed by atoms with Crippen LogP contribution in [0, 0.1) is 0 Å². The molecule has 0 saturated heterocycles. The number of oxime groups is 1. The first-order valence-corrected chi connectivity index (χ1v) is 7.51. The maximum absolute atomic E-state index is 11.0. The number of imidazole rings is 1. The van der Waals surface area contributed by atoms with Crippen LogP contribution >= 0.6 is 22.9 Å². The fourth-order valence-electron chi connectivity index (χ4n) is 1.89. The van der Waals surface area contributed by atoms with Gasteiger partial charge in [-0.15, -0.1) is 22.9 Å². The lowest BCUT2D eigenvalue weighted by Gasteiger charge is -1.99. The lowest BCUT2D eigenvalue weighted by molar-refractivity contribution is -0.140. The third-order valence-electron chi connectivity index (χ3n) is 2.78. The average Bonchev–Trinajstić information content (AvgIpc) is 3.10. The van der Waals surface area contributed by atoms with Crippen molar-refractivity contribution in [3.05, 3.63) is 47.6 Å². The van der Waals surface area contributed by atoms with Gasteiger partial charge in [0.05, 0.1) is 17.6 Å². The molecular formula is C14H10ClN3O2S. The zero-order valence-electron chi connectivity index (χ0n) is 10.8. The van der Waals surface area contributed by atoms with Crippen molar-refractivity contribution in [3.63, 3.8) is 0 Å². The third kappa shape index (κ3) is 2.81. The SMILES string of the molecule is O=C(CCl)O/N=C\c1c(-c2ccccc2)nc2sccn12. The Hall–Kier alpha value is -2.18. The van der Waals surface area contributed by atoms with Crippen LogP contribution in [0.1, 0.15) is 5.69 Å². The van der Waals surface area contributed by atoms with Crippen molar-refractivity contribution in [1.29, 1.82) is 0 Å². The smallest absolute Gasteiger partial charge is 0.317 e. The zero-order chi connectivity index (χ0) is 14.7. The van der Waals surface area contributed by atoms with Gasteiger partial charge in [-0.1, -0.05) is 35.5 Å². The fourth-order valence-corrected chi connectivity index (χ4v) is 2.66. The molecule has 2 aromatic heterocycles. The summed E-state index contributed by atoms with van der Waals surface area (Å²) in [7, 11) is 0. The number of thiazole rings is 1. The lowest BCUT2D eigenvalue weighted by Crippen LogP contribution is -2.01. The number of halogens is 1. The Morgan fingerprint density at radius 1 is 1.43 bits per heavy atom. The van der Waals surface area contributed by atoms with Crippen LogP contribution in [0.2, 0.25) is 0 Å². The van der Waals surface area contributed by atoms with Gasteiger partial charge in [0.2, 0.25) is 0 Å². The number of hydrogen-bond donors (Lipinski definition) is 0. The van der Waals surface area contributed by atoms with Crippen molar-refractivity contribution >= 4 is 40.1 Å². The minimum Gasteiger partial charge on any atom is -0.317 e. The van der Waals surface area contributed by atoms with E-state index in [9.17, 15) is 4.79 Å². The van der Waals surface area contributed by atoms with Crippen LogP contribution in [0.15, 0.2) is 47.1 Å². The summed E-state index contributed by atoms with van der Waals surface area (Å²) < 4.78 is 1.89. The number of carbonyl (C=O) groups is 1. The fraction of sp³-hybridized carbons (Fsp3) is 0.0714. The summed E-state index contributed by atoms with van der Waals surface area (Å²) >= 11 is 6.88. The van der Waals surface area contributed by atoms with E-state index in [2.05, 4.69) is 15.0 Å². The van der Waals surface area contributed by atoms with Crippen molar-refractivity contribution in [2.45, 2.75) is 0 Å². The summed E-state index contributed by atoms with van der Waals surface area (Å²) in [4.78, 5) is 21.1. The van der Waals surface area contributed by atoms with Gasteiger partial charge in [0, 0.05) is 17.1 Å². The van der Waals surface area contributed by atoms with E-state index < -0.39 is 5.97 Å². The number of benzene rings is 1. The summed E-state index contributed by atoms with van der Waals surface area (Å²) in [6.45, 7) is 0. The van der Waals surface area contributed by atoms with Crippen LogP contribution in [-0.4, -0.2) is 27.4 Å². The number of nitrogens with zero attached hydrogens (tertiary/aromatic N) is 3. The molecule has 106 valence electrons. The molecule has 0 N–H and O–H groups in total. The van der Waals surface area contributed by atoms with Crippen molar-refractivity contribution in [3.8, 4) is 11.3 Å². The average molecular weight is 320 g/mol. The van der Waals surface area contributed by atoms with E-state index in [0.717, 1.165) is 21.9 Å². The third-order valence-corrected chi connectivity index (χ3v) is 3.76. The molecule has 0 aliphatic carbocycles. The van der Waals surface area contributed by atoms with E-state index >= 15 is 0 Å². The highest BCUT2D eigenvalue weighted by atomic mass is 35.5. The lowest BCUT2D eigenvalue weighted by atomic mass is 10.1. The molecule has 2 heterocycles. The Labute approximate surface area is 129 Å². The van der Waals surface area contributed by atoms with E-state index in [-0.39, 0.29) is 5.88 Å². The van der Waals surface area contributed by atoms with Gasteiger partial charge >= 0.3 is 5.97 Å². The van der Waals surface area contributed by atoms with E-state index in [1.165, 1.54) is 17.6 Å². The van der Waals surface area contributed by atoms with Crippen LogP contribution in [0.4, 0.5) is 0 Å². The van der Waals surface area contributed by atoms with Gasteiger partial charge in [-0.2, -0.15) is 0 Å². The molecular weight excluding hydrogens is 310 g/mol. The molecule has 3 rings (SSSR count). The maximum Gasteiger partial charge on any atom is 0.349 e. The first-order chi connectivity index (χ1) is 10.3. The molecule has 0 amide bonds. The Bertz CT molecular complexity index is 795. The Kier molecular flexibility index (Phi) is 3.98. The van der Waals surface area contributed by atoms with Crippen LogP contribution in [-0.2, 0) is 9.63 Å². The first-order valence-electron chi connectivity index (χ1n) is 6.09. The van der Waals surface area contributed by atoms with Gasteiger partial charge in [-0.25, -0.2) is 9.78 Å². The Morgan fingerprint density at radius 2 is 2.24 bits per heavy atom. The largest absolute Gasteiger partial charge is 0.349 e. The van der Waals surface area contributed by atoms with Crippen molar-refractivity contribution in [2.75, 3.05) is 5.88 Å². The minimum absolute atomic E-state index is 0.233. The van der Waals surface area contributed by atoms with Gasteiger partial charge in [0.25, 0.3) is 0 Å². The number of alkyl halides is 1. The summed E-state index contributed by atoms with van der Waals surface area (Å²) in [6, 6.07) is 9.76. The second kappa shape index (κ2) is 6.07. The van der Waals surface area contributed by atoms with Crippen LogP contribution in [0.3, 0.4) is 0 Å². The molecule has 0 aliphatic rings. The number of aromatic nitrogens is 2. The normalized spacial score (nSPS) is 11.3. The number of fused-ring (bicyclic) bond motifs is 1. The van der Waals surface area contributed by atoms with E-state index in [0.29, 0.717) is 0 Å². The van der Waals surface area contributed by atoms with Gasteiger partial charge in [0.15, 0.2) is 4.96 Å². The predicted molar refractivity (Wildman–Crippen MR) is 82.9 cm³/mol. The van der Waals surface area contributed by atoms with Gasteiger partial charge in [0.1, 0.15) is 5.88 Å². The summed E-state index contributed by atoms with van der Waals surface area (Å²) in [5, 5.41) is 5.62. The maximum atomic E-state index is 11.0. The topological polar surface area (TPSA) is 56.0 Å². The highest BCUT2D eigenvalue weighted by Gasteiger charge is 2.13. The first kappa shape index (κ1) is 13.8. The Morgan fingerprint density at radius 3 is 3.00 bits per heavy atom. The molecule has 0 saturated carbocycles. The van der Waals surface area contributed by atoms with Crippen LogP contribution in [0.5, 0.6) is 0 Å². The minimum atomic E-state index is -0.597. The number of hydrogen-bond acceptors (Lipinski definition) is 5. The van der Waals surface area contributed by atoms with E-state index in [1.54, 1.807) is 0 Å². The summed E-state index contributed by atoms with van der Waals surface area (Å²) in [6.07, 6.45) is 3.36. The van der Waals surface area contributed by atoms with Gasteiger partial charge in [-0.3, -0.25) is 4.40 Å². The molecule has 21 heavy (non-hydrogen) atoms. The Balaban J connectivity index is 2.02. The highest BCUT2D eigenvalue weighted by Crippen LogP contribution is 2.25. The highest BCUT2D eigenvalue weighted by molar-refractivity contribution is 7.15. The molecule has 0 unspecified atom stereocenters. The molecule has 7 heteroatoms. The quantitative estimate of drug-likeness (QED) is 0.321. The summed E-state index contributed by atoms with van der Waals surface area (Å²) in [5.41, 5.74) is 2.51. The second-order valence-corrected chi connectivity index (χ2v) is 5.24. The molecule has 5 nitrogen and oxygen atoms in total. The molecule has 0 spiro atoms. The van der Waals surface area contributed by atoms with E-state index in [4.69, 9.17) is 11.6 Å².